The van der Waals surface area contributed by atoms with Crippen LogP contribution in [-0.2, 0) is 4.74 Å². The van der Waals surface area contributed by atoms with Gasteiger partial charge in [0, 0.05) is 19.1 Å². The van der Waals surface area contributed by atoms with Crippen molar-refractivity contribution >= 4 is 0 Å². The number of rotatable bonds is 2. The number of morpholine rings is 1. The smallest absolute Gasteiger partial charge is 0.0674 e. The average molecular weight is 171 g/mol. The van der Waals surface area contributed by atoms with Crippen molar-refractivity contribution in [2.75, 3.05) is 19.7 Å². The molecule has 1 fully saturated rings. The molecule has 0 bridgehead atoms. The van der Waals surface area contributed by atoms with Crippen LogP contribution in [0.1, 0.15) is 27.7 Å². The molecule has 1 saturated heterocycles. The van der Waals surface area contributed by atoms with Gasteiger partial charge in [0.2, 0.25) is 0 Å². The summed E-state index contributed by atoms with van der Waals surface area (Å²) in [4.78, 5) is 2.53. The van der Waals surface area contributed by atoms with Gasteiger partial charge in [0.15, 0.2) is 0 Å². The van der Waals surface area contributed by atoms with Crippen molar-refractivity contribution in [3.63, 3.8) is 0 Å². The molecule has 1 heterocycles. The van der Waals surface area contributed by atoms with Gasteiger partial charge in [-0.1, -0.05) is 13.8 Å². The molecule has 1 aliphatic rings. The first kappa shape index (κ1) is 10.0. The highest BCUT2D eigenvalue weighted by Gasteiger charge is 2.22. The van der Waals surface area contributed by atoms with Crippen LogP contribution in [0.5, 0.6) is 0 Å². The van der Waals surface area contributed by atoms with Crippen LogP contribution >= 0.6 is 0 Å². The van der Waals surface area contributed by atoms with Crippen molar-refractivity contribution in [3.05, 3.63) is 0 Å². The summed E-state index contributed by atoms with van der Waals surface area (Å²) in [5, 5.41) is 0. The highest BCUT2D eigenvalue weighted by molar-refractivity contribution is 4.75. The zero-order valence-corrected chi connectivity index (χ0v) is 8.71. The summed E-state index contributed by atoms with van der Waals surface area (Å²) in [6.07, 6.45) is 0.417. The zero-order valence-electron chi connectivity index (χ0n) is 8.71. The summed E-state index contributed by atoms with van der Waals surface area (Å²) < 4.78 is 5.50. The Morgan fingerprint density at radius 2 is 2.00 bits per heavy atom. The highest BCUT2D eigenvalue weighted by atomic mass is 16.5. The van der Waals surface area contributed by atoms with Gasteiger partial charge < -0.3 is 4.74 Å². The molecule has 0 saturated carbocycles. The molecule has 0 aromatic heterocycles. The minimum atomic E-state index is 0.417. The summed E-state index contributed by atoms with van der Waals surface area (Å²) in [5.74, 6) is 0.746. The second-order valence-electron chi connectivity index (χ2n) is 4.16. The van der Waals surface area contributed by atoms with E-state index < -0.39 is 0 Å². The molecule has 0 aliphatic carbocycles. The fourth-order valence-corrected chi connectivity index (χ4v) is 1.64. The zero-order chi connectivity index (χ0) is 9.14. The van der Waals surface area contributed by atoms with Gasteiger partial charge in [-0.3, -0.25) is 4.90 Å². The molecule has 0 aromatic rings. The predicted octanol–water partition coefficient (Wildman–Crippen LogP) is 1.75. The molecule has 0 radical (unpaired) electrons. The van der Waals surface area contributed by atoms with E-state index in [1.165, 1.54) is 0 Å². The van der Waals surface area contributed by atoms with E-state index in [1.54, 1.807) is 0 Å². The minimum absolute atomic E-state index is 0.417. The van der Waals surface area contributed by atoms with Gasteiger partial charge in [-0.05, 0) is 19.8 Å². The van der Waals surface area contributed by atoms with Crippen LogP contribution in [0.3, 0.4) is 0 Å². The largest absolute Gasteiger partial charge is 0.376 e. The molecule has 0 unspecified atom stereocenters. The predicted molar refractivity (Wildman–Crippen MR) is 51.3 cm³/mol. The van der Waals surface area contributed by atoms with Crippen LogP contribution in [0.15, 0.2) is 0 Å². The normalized spacial score (nSPS) is 29.2. The van der Waals surface area contributed by atoms with Crippen LogP contribution in [0, 0.1) is 5.92 Å². The Morgan fingerprint density at radius 3 is 2.50 bits per heavy atom. The van der Waals surface area contributed by atoms with Crippen molar-refractivity contribution in [3.8, 4) is 0 Å². The van der Waals surface area contributed by atoms with E-state index in [2.05, 4.69) is 32.6 Å². The van der Waals surface area contributed by atoms with Crippen LogP contribution in [0.2, 0.25) is 0 Å². The van der Waals surface area contributed by atoms with Crippen molar-refractivity contribution in [2.45, 2.75) is 39.8 Å². The molecule has 0 aromatic carbocycles. The van der Waals surface area contributed by atoms with E-state index in [9.17, 15) is 0 Å². The fraction of sp³-hybridized carbons (Fsp3) is 1.00. The quantitative estimate of drug-likeness (QED) is 0.627. The molecule has 2 heteroatoms. The Kier molecular flexibility index (Phi) is 3.53. The molecule has 0 amide bonds. The monoisotopic (exact) mass is 171 g/mol. The van der Waals surface area contributed by atoms with Gasteiger partial charge in [-0.2, -0.15) is 0 Å². The Hall–Kier alpha value is -0.0800. The van der Waals surface area contributed by atoms with Gasteiger partial charge in [0.25, 0.3) is 0 Å². The standard InChI is InChI=1S/C10H21NO/c1-8(2)10(4)11-5-6-12-9(3)7-11/h8-10H,5-7H2,1-4H3/t9-,10-/m0/s1. The van der Waals surface area contributed by atoms with Crippen LogP contribution in [0.4, 0.5) is 0 Å². The van der Waals surface area contributed by atoms with Crippen molar-refractivity contribution < 1.29 is 4.74 Å². The summed E-state index contributed by atoms with van der Waals surface area (Å²) in [6, 6.07) is 0.691. The summed E-state index contributed by atoms with van der Waals surface area (Å²) in [5.41, 5.74) is 0. The molecule has 2 nitrogen and oxygen atoms in total. The third-order valence-corrected chi connectivity index (χ3v) is 2.81. The van der Waals surface area contributed by atoms with Gasteiger partial charge in [0.05, 0.1) is 12.7 Å². The Bertz CT molecular complexity index is 136. The first-order valence-corrected chi connectivity index (χ1v) is 4.97. The van der Waals surface area contributed by atoms with E-state index in [-0.39, 0.29) is 0 Å². The molecular weight excluding hydrogens is 150 g/mol. The van der Waals surface area contributed by atoms with Crippen LogP contribution in [-0.4, -0.2) is 36.7 Å². The van der Waals surface area contributed by atoms with Gasteiger partial charge in [-0.25, -0.2) is 0 Å². The van der Waals surface area contributed by atoms with Crippen molar-refractivity contribution in [1.82, 2.24) is 4.90 Å². The molecule has 1 aliphatic heterocycles. The molecule has 72 valence electrons. The molecule has 0 N–H and O–H groups in total. The summed E-state index contributed by atoms with van der Waals surface area (Å²) >= 11 is 0. The molecule has 12 heavy (non-hydrogen) atoms. The van der Waals surface area contributed by atoms with Gasteiger partial charge in [0.1, 0.15) is 0 Å². The maximum Gasteiger partial charge on any atom is 0.0674 e. The Balaban J connectivity index is 2.40. The summed E-state index contributed by atoms with van der Waals surface area (Å²) in [7, 11) is 0. The Labute approximate surface area is 75.9 Å². The lowest BCUT2D eigenvalue weighted by atomic mass is 10.0. The molecular formula is C10H21NO. The van der Waals surface area contributed by atoms with E-state index in [4.69, 9.17) is 4.74 Å². The highest BCUT2D eigenvalue weighted by Crippen LogP contribution is 2.14. The maximum absolute atomic E-state index is 5.50. The third kappa shape index (κ3) is 2.46. The molecule has 0 spiro atoms. The van der Waals surface area contributed by atoms with Crippen molar-refractivity contribution in [1.29, 1.82) is 0 Å². The van der Waals surface area contributed by atoms with E-state index in [0.29, 0.717) is 12.1 Å². The van der Waals surface area contributed by atoms with Gasteiger partial charge in [-0.15, -0.1) is 0 Å². The lowest BCUT2D eigenvalue weighted by Gasteiger charge is -2.37. The number of nitrogens with zero attached hydrogens (tertiary/aromatic N) is 1. The molecule has 1 rings (SSSR count). The second-order valence-corrected chi connectivity index (χ2v) is 4.16. The SMILES string of the molecule is CC(C)[C@H](C)N1CCO[C@@H](C)C1. The maximum atomic E-state index is 5.50. The molecule has 2 atom stereocenters. The topological polar surface area (TPSA) is 12.5 Å². The van der Waals surface area contributed by atoms with E-state index >= 15 is 0 Å². The lowest BCUT2D eigenvalue weighted by Crippen LogP contribution is -2.47. The van der Waals surface area contributed by atoms with Gasteiger partial charge >= 0.3 is 0 Å². The van der Waals surface area contributed by atoms with Crippen molar-refractivity contribution in [2.24, 2.45) is 5.92 Å². The Morgan fingerprint density at radius 1 is 1.33 bits per heavy atom. The first-order valence-electron chi connectivity index (χ1n) is 4.97. The lowest BCUT2D eigenvalue weighted by molar-refractivity contribution is -0.0378. The third-order valence-electron chi connectivity index (χ3n) is 2.81. The summed E-state index contributed by atoms with van der Waals surface area (Å²) in [6.45, 7) is 12.1. The minimum Gasteiger partial charge on any atom is -0.376 e. The second kappa shape index (κ2) is 4.24. The number of hydrogen-bond acceptors (Lipinski definition) is 2. The van der Waals surface area contributed by atoms with E-state index in [1.807, 2.05) is 0 Å². The average Bonchev–Trinajstić information content (AvgIpc) is 2.03. The number of hydrogen-bond donors (Lipinski definition) is 0. The number of ether oxygens (including phenoxy) is 1. The van der Waals surface area contributed by atoms with Crippen LogP contribution in [0.25, 0.3) is 0 Å². The van der Waals surface area contributed by atoms with E-state index in [0.717, 1.165) is 25.6 Å². The fourth-order valence-electron chi connectivity index (χ4n) is 1.64. The first-order chi connectivity index (χ1) is 5.61. The van der Waals surface area contributed by atoms with Crippen LogP contribution < -0.4 is 0 Å².